The monoisotopic (exact) mass is 232 g/mol. The van der Waals surface area contributed by atoms with Gasteiger partial charge in [-0.3, -0.25) is 4.79 Å². The number of aryl methyl sites for hydroxylation is 1. The normalized spacial score (nSPS) is 20.4. The minimum atomic E-state index is 0.238. The molecule has 1 fully saturated rings. The van der Waals surface area contributed by atoms with Gasteiger partial charge in [-0.25, -0.2) is 0 Å². The summed E-state index contributed by atoms with van der Waals surface area (Å²) in [7, 11) is 0. The molecule has 1 heterocycles. The van der Waals surface area contributed by atoms with Crippen molar-refractivity contribution in [2.24, 2.45) is 0 Å². The molecule has 0 aliphatic carbocycles. The first-order chi connectivity index (χ1) is 8.15. The molecule has 1 aromatic carbocycles. The van der Waals surface area contributed by atoms with Crippen molar-refractivity contribution in [2.45, 2.75) is 26.3 Å². The van der Waals surface area contributed by atoms with Crippen LogP contribution in [0.5, 0.6) is 0 Å². The number of nitrogens with one attached hydrogen (secondary N) is 1. The third-order valence-electron chi connectivity index (χ3n) is 3.20. The highest BCUT2D eigenvalue weighted by Gasteiger charge is 2.20. The number of carbonyl (C=O) groups excluding carboxylic acids is 1. The molecule has 2 rings (SSSR count). The van der Waals surface area contributed by atoms with Gasteiger partial charge in [0.15, 0.2) is 0 Å². The summed E-state index contributed by atoms with van der Waals surface area (Å²) in [6.07, 6.45) is 0.521. The third kappa shape index (κ3) is 3.30. The van der Waals surface area contributed by atoms with E-state index in [4.69, 9.17) is 0 Å². The summed E-state index contributed by atoms with van der Waals surface area (Å²) >= 11 is 0. The van der Waals surface area contributed by atoms with Crippen LogP contribution in [0.1, 0.15) is 18.1 Å². The summed E-state index contributed by atoms with van der Waals surface area (Å²) in [4.78, 5) is 14.1. The molecule has 1 amide bonds. The van der Waals surface area contributed by atoms with Gasteiger partial charge < -0.3 is 10.2 Å². The maximum absolute atomic E-state index is 12.1. The molecule has 17 heavy (non-hydrogen) atoms. The summed E-state index contributed by atoms with van der Waals surface area (Å²) in [6, 6.07) is 8.61. The van der Waals surface area contributed by atoms with Gasteiger partial charge >= 0.3 is 0 Å². The number of piperazine rings is 1. The van der Waals surface area contributed by atoms with Crippen molar-refractivity contribution in [3.05, 3.63) is 35.4 Å². The van der Waals surface area contributed by atoms with E-state index >= 15 is 0 Å². The van der Waals surface area contributed by atoms with Crippen LogP contribution in [-0.4, -0.2) is 36.5 Å². The lowest BCUT2D eigenvalue weighted by Crippen LogP contribution is -2.51. The highest BCUT2D eigenvalue weighted by molar-refractivity contribution is 5.79. The molecule has 0 saturated carbocycles. The highest BCUT2D eigenvalue weighted by atomic mass is 16.2. The lowest BCUT2D eigenvalue weighted by Gasteiger charge is -2.32. The van der Waals surface area contributed by atoms with E-state index in [1.54, 1.807) is 0 Å². The first-order valence-corrected chi connectivity index (χ1v) is 6.22. The number of hydrogen-bond acceptors (Lipinski definition) is 2. The molecule has 1 saturated heterocycles. The Labute approximate surface area is 103 Å². The molecule has 1 aromatic rings. The van der Waals surface area contributed by atoms with E-state index in [2.05, 4.69) is 31.3 Å². The number of nitrogens with zero attached hydrogens (tertiary/aromatic N) is 1. The average molecular weight is 232 g/mol. The fourth-order valence-electron chi connectivity index (χ4n) is 2.15. The predicted octanol–water partition coefficient (Wildman–Crippen LogP) is 1.36. The van der Waals surface area contributed by atoms with Crippen LogP contribution in [0.4, 0.5) is 0 Å². The highest BCUT2D eigenvalue weighted by Crippen LogP contribution is 2.07. The Kier molecular flexibility index (Phi) is 3.79. The SMILES string of the molecule is Cc1ccc(CC(=O)N2CCN[C@@H](C)C2)cc1. The van der Waals surface area contributed by atoms with Crippen molar-refractivity contribution in [1.29, 1.82) is 0 Å². The molecule has 1 aliphatic rings. The van der Waals surface area contributed by atoms with E-state index in [9.17, 15) is 4.79 Å². The van der Waals surface area contributed by atoms with Crippen LogP contribution >= 0.6 is 0 Å². The number of carbonyl (C=O) groups is 1. The molecular weight excluding hydrogens is 212 g/mol. The van der Waals surface area contributed by atoms with Crippen LogP contribution in [0, 0.1) is 6.92 Å². The Morgan fingerprint density at radius 2 is 2.12 bits per heavy atom. The average Bonchev–Trinajstić information content (AvgIpc) is 2.32. The maximum Gasteiger partial charge on any atom is 0.227 e. The number of hydrogen-bond donors (Lipinski definition) is 1. The van der Waals surface area contributed by atoms with E-state index in [0.29, 0.717) is 12.5 Å². The van der Waals surface area contributed by atoms with Crippen LogP contribution in [0.15, 0.2) is 24.3 Å². The van der Waals surface area contributed by atoms with Crippen molar-refractivity contribution in [3.63, 3.8) is 0 Å². The van der Waals surface area contributed by atoms with Gasteiger partial charge in [-0.15, -0.1) is 0 Å². The van der Waals surface area contributed by atoms with Crippen LogP contribution < -0.4 is 5.32 Å². The second kappa shape index (κ2) is 5.32. The van der Waals surface area contributed by atoms with E-state index in [0.717, 1.165) is 25.2 Å². The molecule has 1 N–H and O–H groups in total. The topological polar surface area (TPSA) is 32.3 Å². The van der Waals surface area contributed by atoms with Crippen molar-refractivity contribution in [1.82, 2.24) is 10.2 Å². The lowest BCUT2D eigenvalue weighted by molar-refractivity contribution is -0.131. The zero-order valence-corrected chi connectivity index (χ0v) is 10.6. The van der Waals surface area contributed by atoms with E-state index < -0.39 is 0 Å². The Bertz CT molecular complexity index is 386. The van der Waals surface area contributed by atoms with Crippen LogP contribution in [0.25, 0.3) is 0 Å². The molecule has 0 aromatic heterocycles. The number of amides is 1. The Morgan fingerprint density at radius 3 is 2.76 bits per heavy atom. The van der Waals surface area contributed by atoms with Crippen molar-refractivity contribution in [2.75, 3.05) is 19.6 Å². The summed E-state index contributed by atoms with van der Waals surface area (Å²) < 4.78 is 0. The van der Waals surface area contributed by atoms with E-state index in [1.807, 2.05) is 17.0 Å². The van der Waals surface area contributed by atoms with Gasteiger partial charge in [0.25, 0.3) is 0 Å². The standard InChI is InChI=1S/C14H20N2O/c1-11-3-5-13(6-4-11)9-14(17)16-8-7-15-12(2)10-16/h3-6,12,15H,7-10H2,1-2H3/t12-/m0/s1. The van der Waals surface area contributed by atoms with Crippen molar-refractivity contribution >= 4 is 5.91 Å². The van der Waals surface area contributed by atoms with Crippen LogP contribution in [0.2, 0.25) is 0 Å². The molecule has 3 heteroatoms. The molecule has 3 nitrogen and oxygen atoms in total. The number of benzene rings is 1. The summed E-state index contributed by atoms with van der Waals surface area (Å²) in [5.74, 6) is 0.238. The van der Waals surface area contributed by atoms with Gasteiger partial charge in [0, 0.05) is 25.7 Å². The predicted molar refractivity (Wildman–Crippen MR) is 68.9 cm³/mol. The largest absolute Gasteiger partial charge is 0.340 e. The quantitative estimate of drug-likeness (QED) is 0.835. The maximum atomic E-state index is 12.1. The third-order valence-corrected chi connectivity index (χ3v) is 3.20. The fourth-order valence-corrected chi connectivity index (χ4v) is 2.15. The van der Waals surface area contributed by atoms with Crippen molar-refractivity contribution < 1.29 is 4.79 Å². The molecule has 0 unspecified atom stereocenters. The summed E-state index contributed by atoms with van der Waals surface area (Å²) in [5.41, 5.74) is 2.34. The van der Waals surface area contributed by atoms with Gasteiger partial charge in [0.05, 0.1) is 6.42 Å². The Morgan fingerprint density at radius 1 is 1.41 bits per heavy atom. The first kappa shape index (κ1) is 12.1. The van der Waals surface area contributed by atoms with Crippen molar-refractivity contribution in [3.8, 4) is 0 Å². The molecule has 0 spiro atoms. The van der Waals surface area contributed by atoms with Gasteiger partial charge in [0.2, 0.25) is 5.91 Å². The Balaban J connectivity index is 1.94. The second-order valence-corrected chi connectivity index (χ2v) is 4.86. The fraction of sp³-hybridized carbons (Fsp3) is 0.500. The zero-order valence-electron chi connectivity index (χ0n) is 10.6. The number of rotatable bonds is 2. The molecule has 92 valence electrons. The minimum absolute atomic E-state index is 0.238. The van der Waals surface area contributed by atoms with Gasteiger partial charge in [-0.05, 0) is 19.4 Å². The minimum Gasteiger partial charge on any atom is -0.340 e. The zero-order chi connectivity index (χ0) is 12.3. The molecular formula is C14H20N2O. The van der Waals surface area contributed by atoms with Gasteiger partial charge in [-0.1, -0.05) is 29.8 Å². The molecule has 0 bridgehead atoms. The van der Waals surface area contributed by atoms with E-state index in [1.165, 1.54) is 5.56 Å². The molecule has 1 aliphatic heterocycles. The van der Waals surface area contributed by atoms with Crippen LogP contribution in [-0.2, 0) is 11.2 Å². The van der Waals surface area contributed by atoms with Crippen LogP contribution in [0.3, 0.4) is 0 Å². The lowest BCUT2D eigenvalue weighted by atomic mass is 10.1. The van der Waals surface area contributed by atoms with Gasteiger partial charge in [-0.2, -0.15) is 0 Å². The molecule has 0 radical (unpaired) electrons. The summed E-state index contributed by atoms with van der Waals surface area (Å²) in [6.45, 7) is 6.73. The molecule has 1 atom stereocenters. The second-order valence-electron chi connectivity index (χ2n) is 4.86. The summed E-state index contributed by atoms with van der Waals surface area (Å²) in [5, 5.41) is 3.34. The van der Waals surface area contributed by atoms with Gasteiger partial charge in [0.1, 0.15) is 0 Å². The smallest absolute Gasteiger partial charge is 0.227 e. The first-order valence-electron chi connectivity index (χ1n) is 6.22. The Hall–Kier alpha value is -1.35. The van der Waals surface area contributed by atoms with E-state index in [-0.39, 0.29) is 5.91 Å².